The zero-order valence-electron chi connectivity index (χ0n) is 28.3. The fraction of sp³-hybridized carbons (Fsp3) is 0.711. The molecule has 5 N–H and O–H groups in total. The Morgan fingerprint density at radius 2 is 1.82 bits per heavy atom. The average Bonchev–Trinajstić information content (AvgIpc) is 3.37. The van der Waals surface area contributed by atoms with Crippen molar-refractivity contribution in [3.8, 4) is 0 Å². The molecular weight excluding hydrogens is 568 g/mol. The lowest BCUT2D eigenvalue weighted by Gasteiger charge is -2.55. The van der Waals surface area contributed by atoms with Gasteiger partial charge in [-0.2, -0.15) is 0 Å². The van der Waals surface area contributed by atoms with E-state index >= 15 is 0 Å². The highest BCUT2D eigenvalue weighted by Crippen LogP contribution is 2.63. The topological polar surface area (TPSA) is 127 Å². The first-order valence-corrected chi connectivity index (χ1v) is 17.3. The molecule has 3 aliphatic carbocycles. The summed E-state index contributed by atoms with van der Waals surface area (Å²) in [5, 5.41) is 53.2. The van der Waals surface area contributed by atoms with Crippen LogP contribution in [0.5, 0.6) is 0 Å². The minimum atomic E-state index is -1.16. The van der Waals surface area contributed by atoms with Gasteiger partial charge in [0, 0.05) is 17.9 Å². The first-order valence-electron chi connectivity index (χ1n) is 17.3. The molecule has 0 saturated heterocycles. The van der Waals surface area contributed by atoms with Crippen LogP contribution >= 0.6 is 0 Å². The van der Waals surface area contributed by atoms with Gasteiger partial charge in [0.1, 0.15) is 12.4 Å². The molecule has 1 spiro atoms. The van der Waals surface area contributed by atoms with Crippen LogP contribution in [0.4, 0.5) is 0 Å². The standard InChI is InChI=1S/C38H60O7/c1-27(2)11-8-14-30(29-12-6-5-7-13-29)15-9-16-31(25-45-26-32(42)24-41)34-19-21-38(36(34)43)35(17-10-22-39)33(28(3)23-40)18-20-37(38,4)44/h9,11,15-16,23,32,34-36,39,41-44H,5-8,10,12-14,17-22,24-26H2,1-4H3/b15-9+,31-16-,33-28-/t32-,34+,35+,36-,37-,38-/m1/s1. The van der Waals surface area contributed by atoms with E-state index < -0.39 is 29.8 Å². The monoisotopic (exact) mass is 628 g/mol. The van der Waals surface area contributed by atoms with Crippen molar-refractivity contribution in [1.29, 1.82) is 0 Å². The summed E-state index contributed by atoms with van der Waals surface area (Å²) in [5.41, 5.74) is 4.71. The summed E-state index contributed by atoms with van der Waals surface area (Å²) in [6.45, 7) is 7.67. The molecule has 0 bridgehead atoms. The number of carbonyl (C=O) groups is 1. The number of rotatable bonds is 15. The maximum Gasteiger partial charge on any atom is 0.145 e. The van der Waals surface area contributed by atoms with Crippen LogP contribution in [-0.4, -0.2) is 76.1 Å². The average molecular weight is 629 g/mol. The molecule has 0 aromatic carbocycles. The molecule has 6 atom stereocenters. The third-order valence-corrected chi connectivity index (χ3v) is 10.8. The molecule has 0 aliphatic heterocycles. The number of aldehydes is 1. The van der Waals surface area contributed by atoms with E-state index in [9.17, 15) is 30.3 Å². The van der Waals surface area contributed by atoms with Crippen molar-refractivity contribution < 1.29 is 35.1 Å². The van der Waals surface area contributed by atoms with Crippen molar-refractivity contribution in [2.75, 3.05) is 26.4 Å². The van der Waals surface area contributed by atoms with E-state index in [-0.39, 0.29) is 31.7 Å². The number of ether oxygens (including phenoxy) is 1. The number of aliphatic hydroxyl groups is 5. The molecule has 0 radical (unpaired) electrons. The molecular formula is C38H60O7. The van der Waals surface area contributed by atoms with Crippen LogP contribution in [0.15, 0.2) is 57.7 Å². The first-order chi connectivity index (χ1) is 21.5. The minimum Gasteiger partial charge on any atom is -0.396 e. The SMILES string of the molecule is CC(C)=CCCC(/C=C/C=C(/COC[C@H](O)CO)[C@@H]1CC[C@]2([C@@H]1O)[C@@H](CCCO)/C(=C(/C)C=O)CC[C@@]2(C)O)=C1CCCCC1. The molecule has 7 heteroatoms. The van der Waals surface area contributed by atoms with Gasteiger partial charge >= 0.3 is 0 Å². The molecule has 0 unspecified atom stereocenters. The van der Waals surface area contributed by atoms with Crippen LogP contribution in [0, 0.1) is 17.3 Å². The van der Waals surface area contributed by atoms with E-state index in [1.165, 1.54) is 36.0 Å². The molecule has 0 heterocycles. The number of aliphatic hydroxyl groups excluding tert-OH is 4. The molecule has 45 heavy (non-hydrogen) atoms. The molecule has 7 nitrogen and oxygen atoms in total. The number of allylic oxidation sites excluding steroid dienone is 9. The zero-order chi connectivity index (χ0) is 33.0. The van der Waals surface area contributed by atoms with E-state index in [1.807, 2.05) is 19.9 Å². The summed E-state index contributed by atoms with van der Waals surface area (Å²) < 4.78 is 5.88. The number of hydrogen-bond donors (Lipinski definition) is 5. The molecule has 0 aromatic rings. The van der Waals surface area contributed by atoms with Crippen LogP contribution in [0.3, 0.4) is 0 Å². The zero-order valence-corrected chi connectivity index (χ0v) is 28.3. The Morgan fingerprint density at radius 1 is 1.09 bits per heavy atom. The van der Waals surface area contributed by atoms with Crippen LogP contribution in [-0.2, 0) is 9.53 Å². The Labute approximate surface area is 271 Å². The van der Waals surface area contributed by atoms with Gasteiger partial charge in [0.05, 0.1) is 31.5 Å². The van der Waals surface area contributed by atoms with Gasteiger partial charge in [0.2, 0.25) is 0 Å². The van der Waals surface area contributed by atoms with Crippen LogP contribution in [0.2, 0.25) is 0 Å². The van der Waals surface area contributed by atoms with Gasteiger partial charge in [-0.15, -0.1) is 0 Å². The van der Waals surface area contributed by atoms with E-state index in [1.54, 1.807) is 0 Å². The normalized spacial score (nSPS) is 31.0. The van der Waals surface area contributed by atoms with Crippen LogP contribution < -0.4 is 0 Å². The highest BCUT2D eigenvalue weighted by Gasteiger charge is 2.64. The highest BCUT2D eigenvalue weighted by molar-refractivity contribution is 5.74. The lowest BCUT2D eigenvalue weighted by molar-refractivity contribution is -0.167. The van der Waals surface area contributed by atoms with Gasteiger partial charge in [0.15, 0.2) is 0 Å². The van der Waals surface area contributed by atoms with Crippen molar-refractivity contribution in [3.05, 3.63) is 57.7 Å². The van der Waals surface area contributed by atoms with Gasteiger partial charge in [-0.1, -0.05) is 47.4 Å². The predicted octanol–water partition coefficient (Wildman–Crippen LogP) is 6.05. The summed E-state index contributed by atoms with van der Waals surface area (Å²) in [4.78, 5) is 11.9. The summed E-state index contributed by atoms with van der Waals surface area (Å²) in [7, 11) is 0. The largest absolute Gasteiger partial charge is 0.396 e. The van der Waals surface area contributed by atoms with E-state index in [0.717, 1.165) is 43.1 Å². The second kappa shape index (κ2) is 17.9. The quantitative estimate of drug-likeness (QED) is 0.0647. The Balaban J connectivity index is 2.00. The Kier molecular flexibility index (Phi) is 14.9. The van der Waals surface area contributed by atoms with Crippen molar-refractivity contribution >= 4 is 6.29 Å². The van der Waals surface area contributed by atoms with E-state index in [4.69, 9.17) is 4.74 Å². The maximum atomic E-state index is 12.3. The number of hydrogen-bond acceptors (Lipinski definition) is 7. The van der Waals surface area contributed by atoms with Crippen LogP contribution in [0.25, 0.3) is 0 Å². The van der Waals surface area contributed by atoms with Gasteiger partial charge < -0.3 is 30.3 Å². The first kappa shape index (κ1) is 37.6. The maximum absolute atomic E-state index is 12.3. The Hall–Kier alpha value is -1.87. The minimum absolute atomic E-state index is 0.00406. The van der Waals surface area contributed by atoms with Gasteiger partial charge in [-0.25, -0.2) is 0 Å². The predicted molar refractivity (Wildman–Crippen MR) is 180 cm³/mol. The second-order valence-corrected chi connectivity index (χ2v) is 14.1. The molecule has 3 aliphatic rings. The van der Waals surface area contributed by atoms with Crippen molar-refractivity contribution in [2.45, 2.75) is 129 Å². The molecule has 254 valence electrons. The fourth-order valence-electron chi connectivity index (χ4n) is 8.29. The molecule has 3 rings (SSSR count). The van der Waals surface area contributed by atoms with Crippen LogP contribution in [0.1, 0.15) is 111 Å². The third-order valence-electron chi connectivity index (χ3n) is 10.8. The van der Waals surface area contributed by atoms with Crippen molar-refractivity contribution in [2.24, 2.45) is 17.3 Å². The molecule has 0 aromatic heterocycles. The fourth-order valence-corrected chi connectivity index (χ4v) is 8.29. The molecule has 3 fully saturated rings. The van der Waals surface area contributed by atoms with Gasteiger partial charge in [0.25, 0.3) is 0 Å². The van der Waals surface area contributed by atoms with E-state index in [0.29, 0.717) is 44.1 Å². The second-order valence-electron chi connectivity index (χ2n) is 14.1. The highest BCUT2D eigenvalue weighted by atomic mass is 16.5. The summed E-state index contributed by atoms with van der Waals surface area (Å²) in [6, 6.07) is 0. The number of carbonyl (C=O) groups excluding carboxylic acids is 1. The summed E-state index contributed by atoms with van der Waals surface area (Å²) in [6.07, 6.45) is 18.9. The van der Waals surface area contributed by atoms with Gasteiger partial charge in [-0.3, -0.25) is 4.79 Å². The molecule has 3 saturated carbocycles. The van der Waals surface area contributed by atoms with Crippen molar-refractivity contribution in [1.82, 2.24) is 0 Å². The summed E-state index contributed by atoms with van der Waals surface area (Å²) >= 11 is 0. The molecule has 0 amide bonds. The van der Waals surface area contributed by atoms with E-state index in [2.05, 4.69) is 32.1 Å². The lowest BCUT2D eigenvalue weighted by Crippen LogP contribution is -2.59. The summed E-state index contributed by atoms with van der Waals surface area (Å²) in [5.74, 6) is -0.526. The Bertz CT molecular complexity index is 1110. The van der Waals surface area contributed by atoms with Gasteiger partial charge in [-0.05, 0) is 127 Å². The van der Waals surface area contributed by atoms with Crippen molar-refractivity contribution in [3.63, 3.8) is 0 Å². The lowest BCUT2D eigenvalue weighted by atomic mass is 9.52. The Morgan fingerprint density at radius 3 is 2.47 bits per heavy atom. The third kappa shape index (κ3) is 9.36. The smallest absolute Gasteiger partial charge is 0.145 e.